The zero-order valence-electron chi connectivity index (χ0n) is 22.5. The van der Waals surface area contributed by atoms with Crippen molar-refractivity contribution in [1.82, 2.24) is 9.88 Å². The Balaban J connectivity index is 0.000000850. The van der Waals surface area contributed by atoms with E-state index in [0.717, 1.165) is 37.0 Å². The molecule has 2 aromatic carbocycles. The first-order chi connectivity index (χ1) is 19.6. The summed E-state index contributed by atoms with van der Waals surface area (Å²) in [6.45, 7) is 5.00. The van der Waals surface area contributed by atoms with Crippen molar-refractivity contribution in [3.63, 3.8) is 0 Å². The molecule has 2 heterocycles. The Kier molecular flexibility index (Phi) is 11.1. The highest BCUT2D eigenvalue weighted by Gasteiger charge is 2.31. The van der Waals surface area contributed by atoms with Crippen LogP contribution in [0.1, 0.15) is 58.5 Å². The fraction of sp³-hybridized carbons (Fsp3) is 0.345. The Hall–Kier alpha value is -4.08. The minimum absolute atomic E-state index is 0.0845. The molecule has 1 aliphatic rings. The molecule has 12 heteroatoms. The SMILES string of the molecule is CCc1ccc(CNC(=O)c2cn(C3CCCOC3)c(C)c(-c3cccc(C(F)(F)F)c3)c2=O)cc1.N#CN=S=O. The van der Waals surface area contributed by atoms with E-state index in [0.29, 0.717) is 18.9 Å². The van der Waals surface area contributed by atoms with E-state index in [1.165, 1.54) is 30.1 Å². The van der Waals surface area contributed by atoms with Crippen molar-refractivity contribution in [2.75, 3.05) is 13.2 Å². The molecule has 1 amide bonds. The lowest BCUT2D eigenvalue weighted by molar-refractivity contribution is -0.137. The summed E-state index contributed by atoms with van der Waals surface area (Å²) >= 11 is -0.0845. The lowest BCUT2D eigenvalue weighted by Crippen LogP contribution is -2.33. The third kappa shape index (κ3) is 8.22. The van der Waals surface area contributed by atoms with Gasteiger partial charge in [0, 0.05) is 30.6 Å². The molecule has 1 fully saturated rings. The summed E-state index contributed by atoms with van der Waals surface area (Å²) in [5.41, 5.74) is 1.22. The number of alkyl halides is 3. The summed E-state index contributed by atoms with van der Waals surface area (Å²) < 4.78 is 59.3. The van der Waals surface area contributed by atoms with Crippen molar-refractivity contribution < 1.29 is 26.9 Å². The van der Waals surface area contributed by atoms with Crippen LogP contribution in [0.4, 0.5) is 13.2 Å². The summed E-state index contributed by atoms with van der Waals surface area (Å²) in [4.78, 5) is 26.7. The number of benzene rings is 2. The van der Waals surface area contributed by atoms with Gasteiger partial charge in [-0.2, -0.15) is 22.6 Å². The molecule has 1 atom stereocenters. The molecule has 1 aliphatic heterocycles. The predicted octanol–water partition coefficient (Wildman–Crippen LogP) is 5.55. The van der Waals surface area contributed by atoms with Gasteiger partial charge in [-0.25, -0.2) is 0 Å². The van der Waals surface area contributed by atoms with Crippen LogP contribution in [0, 0.1) is 18.4 Å². The Morgan fingerprint density at radius 3 is 2.49 bits per heavy atom. The third-order valence-electron chi connectivity index (χ3n) is 6.70. The first-order valence-corrected chi connectivity index (χ1v) is 13.6. The van der Waals surface area contributed by atoms with Crippen LogP contribution in [0.2, 0.25) is 0 Å². The van der Waals surface area contributed by atoms with E-state index in [-0.39, 0.29) is 40.7 Å². The number of nitrogens with zero attached hydrogens (tertiary/aromatic N) is 3. The first-order valence-electron chi connectivity index (χ1n) is 12.9. The summed E-state index contributed by atoms with van der Waals surface area (Å²) in [5, 5.41) is 10.2. The zero-order valence-corrected chi connectivity index (χ0v) is 23.3. The van der Waals surface area contributed by atoms with Gasteiger partial charge in [0.25, 0.3) is 5.91 Å². The predicted molar refractivity (Wildman–Crippen MR) is 148 cm³/mol. The molecule has 0 bridgehead atoms. The van der Waals surface area contributed by atoms with Crippen LogP contribution in [0.5, 0.6) is 0 Å². The number of rotatable bonds is 6. The minimum atomic E-state index is -4.55. The Morgan fingerprint density at radius 2 is 1.93 bits per heavy atom. The summed E-state index contributed by atoms with van der Waals surface area (Å²) in [6.07, 6.45) is 0.743. The molecule has 3 aromatic rings. The van der Waals surface area contributed by atoms with Crippen molar-refractivity contribution in [2.24, 2.45) is 4.36 Å². The number of carbonyl (C=O) groups is 1. The summed E-state index contributed by atoms with van der Waals surface area (Å²) in [6, 6.07) is 12.3. The molecule has 0 radical (unpaired) electrons. The fourth-order valence-electron chi connectivity index (χ4n) is 4.58. The topological polar surface area (TPSA) is 114 Å². The lowest BCUT2D eigenvalue weighted by Gasteiger charge is -2.28. The van der Waals surface area contributed by atoms with Crippen molar-refractivity contribution in [3.05, 3.63) is 92.9 Å². The number of nitriles is 1. The Bertz CT molecular complexity index is 1520. The molecule has 1 unspecified atom stereocenters. The van der Waals surface area contributed by atoms with Gasteiger partial charge in [0.05, 0.1) is 18.2 Å². The number of carbonyl (C=O) groups excluding carboxylic acids is 1. The van der Waals surface area contributed by atoms with E-state index in [1.54, 1.807) is 11.5 Å². The van der Waals surface area contributed by atoms with Crippen molar-refractivity contribution in [1.29, 1.82) is 5.26 Å². The molecule has 0 saturated carbocycles. The largest absolute Gasteiger partial charge is 0.416 e. The molecule has 1 aromatic heterocycles. The smallest absolute Gasteiger partial charge is 0.379 e. The van der Waals surface area contributed by atoms with Crippen LogP contribution >= 0.6 is 0 Å². The molecule has 216 valence electrons. The number of aryl methyl sites for hydroxylation is 1. The molecular formula is C29H29F3N4O4S. The molecule has 1 saturated heterocycles. The average molecular weight is 587 g/mol. The maximum absolute atomic E-state index is 13.5. The third-order valence-corrected chi connectivity index (χ3v) is 6.86. The normalized spacial score (nSPS) is 14.7. The molecule has 8 nitrogen and oxygen atoms in total. The summed E-state index contributed by atoms with van der Waals surface area (Å²) in [7, 11) is 0. The van der Waals surface area contributed by atoms with Crippen LogP contribution < -0.4 is 10.7 Å². The number of nitrogens with one attached hydrogen (secondary N) is 1. The van der Waals surface area contributed by atoms with Gasteiger partial charge in [0.2, 0.25) is 23.1 Å². The Labute approximate surface area is 239 Å². The standard InChI is InChI=1S/C28H29F3N2O3.CN2OS/c1-3-19-9-11-20(12-10-19)15-32-27(35)24-16-33(23-8-5-13-36-17-23)18(2)25(26(24)34)21-6-4-7-22(14-21)28(29,30)31;2-1-3-5-4/h4,6-7,9-12,14,16,23H,3,5,8,13,15,17H2,1-2H3,(H,32,35);. The number of aromatic nitrogens is 1. The molecule has 4 rings (SSSR count). The number of amides is 1. The number of hydrogen-bond acceptors (Lipinski definition) is 6. The van der Waals surface area contributed by atoms with Crippen LogP contribution in [0.25, 0.3) is 11.1 Å². The first kappa shape index (κ1) is 31.4. The number of ether oxygens (including phenoxy) is 1. The van der Waals surface area contributed by atoms with Gasteiger partial charge in [-0.3, -0.25) is 9.59 Å². The van der Waals surface area contributed by atoms with Gasteiger partial charge in [0.1, 0.15) is 5.56 Å². The monoisotopic (exact) mass is 586 g/mol. The highest BCUT2D eigenvalue weighted by Crippen LogP contribution is 2.33. The number of halogens is 3. The van der Waals surface area contributed by atoms with Crippen LogP contribution in [-0.2, 0) is 35.3 Å². The maximum Gasteiger partial charge on any atom is 0.416 e. The second kappa shape index (κ2) is 14.5. The van der Waals surface area contributed by atoms with Crippen molar-refractivity contribution >= 4 is 17.4 Å². The number of pyridine rings is 1. The highest BCUT2D eigenvalue weighted by atomic mass is 32.1. The lowest BCUT2D eigenvalue weighted by atomic mass is 9.97. The number of hydrogen-bond donors (Lipinski definition) is 1. The van der Waals surface area contributed by atoms with Gasteiger partial charge in [-0.1, -0.05) is 47.7 Å². The van der Waals surface area contributed by atoms with Gasteiger partial charge >= 0.3 is 6.18 Å². The minimum Gasteiger partial charge on any atom is -0.379 e. The summed E-state index contributed by atoms with van der Waals surface area (Å²) in [5.74, 6) is -0.571. The fourth-order valence-corrected chi connectivity index (χ4v) is 4.62. The molecule has 1 N–H and O–H groups in total. The zero-order chi connectivity index (χ0) is 30.0. The van der Waals surface area contributed by atoms with E-state index in [4.69, 9.17) is 14.2 Å². The van der Waals surface area contributed by atoms with Gasteiger partial charge in [-0.15, -0.1) is 0 Å². The highest BCUT2D eigenvalue weighted by molar-refractivity contribution is 7.54. The van der Waals surface area contributed by atoms with Crippen LogP contribution in [0.3, 0.4) is 0 Å². The van der Waals surface area contributed by atoms with E-state index in [9.17, 15) is 22.8 Å². The molecule has 41 heavy (non-hydrogen) atoms. The van der Waals surface area contributed by atoms with E-state index < -0.39 is 23.1 Å². The molecule has 0 aliphatic carbocycles. The van der Waals surface area contributed by atoms with Gasteiger partial charge < -0.3 is 14.6 Å². The van der Waals surface area contributed by atoms with Crippen LogP contribution in [0.15, 0.2) is 63.9 Å². The second-order valence-corrected chi connectivity index (χ2v) is 9.64. The van der Waals surface area contributed by atoms with E-state index in [1.807, 2.05) is 24.3 Å². The quantitative estimate of drug-likeness (QED) is 0.381. The van der Waals surface area contributed by atoms with Gasteiger partial charge in [0.15, 0.2) is 0 Å². The molecule has 0 spiro atoms. The van der Waals surface area contributed by atoms with E-state index >= 15 is 0 Å². The van der Waals surface area contributed by atoms with Gasteiger partial charge in [-0.05, 0) is 55.0 Å². The van der Waals surface area contributed by atoms with Crippen molar-refractivity contribution in [2.45, 2.75) is 51.9 Å². The van der Waals surface area contributed by atoms with E-state index in [2.05, 4.69) is 16.6 Å². The van der Waals surface area contributed by atoms with Crippen molar-refractivity contribution in [3.8, 4) is 17.3 Å². The Morgan fingerprint density at radius 1 is 1.22 bits per heavy atom. The molecular weight excluding hydrogens is 557 g/mol. The van der Waals surface area contributed by atoms with Crippen LogP contribution in [-0.4, -0.2) is 27.9 Å². The second-order valence-electron chi connectivity index (χ2n) is 9.31. The maximum atomic E-state index is 13.5. The average Bonchev–Trinajstić information content (AvgIpc) is 2.97.